The molecule has 0 radical (unpaired) electrons. The largest absolute Gasteiger partial charge is 0.493 e. The summed E-state index contributed by atoms with van der Waals surface area (Å²) in [6.45, 7) is 6.49. The van der Waals surface area contributed by atoms with E-state index in [-0.39, 0.29) is 0 Å². The maximum absolute atomic E-state index is 10.9. The summed E-state index contributed by atoms with van der Waals surface area (Å²) in [5.41, 5.74) is 3.66. The van der Waals surface area contributed by atoms with Gasteiger partial charge in [0.05, 0.1) is 12.3 Å². The number of carbonyl (C=O) groups excluding carboxylic acids is 1. The van der Waals surface area contributed by atoms with E-state index in [4.69, 9.17) is 14.1 Å². The van der Waals surface area contributed by atoms with Crippen LogP contribution in [-0.2, 0) is 6.42 Å². The molecular formula is C21H27NO3. The van der Waals surface area contributed by atoms with Crippen molar-refractivity contribution >= 4 is 6.29 Å². The Labute approximate surface area is 149 Å². The third kappa shape index (κ3) is 4.12. The molecule has 1 fully saturated rings. The highest BCUT2D eigenvalue weighted by molar-refractivity contribution is 5.76. The lowest BCUT2D eigenvalue weighted by Gasteiger charge is -2.17. The van der Waals surface area contributed by atoms with Gasteiger partial charge in [0.2, 0.25) is 0 Å². The van der Waals surface area contributed by atoms with Gasteiger partial charge >= 0.3 is 0 Å². The molecule has 1 saturated carbocycles. The fourth-order valence-electron chi connectivity index (χ4n) is 3.74. The van der Waals surface area contributed by atoms with E-state index in [0.717, 1.165) is 46.9 Å². The topological polar surface area (TPSA) is 52.3 Å². The van der Waals surface area contributed by atoms with Crippen LogP contribution in [0.25, 0.3) is 0 Å². The summed E-state index contributed by atoms with van der Waals surface area (Å²) in [6, 6.07) is 3.72. The van der Waals surface area contributed by atoms with Crippen LogP contribution in [0.15, 0.2) is 16.5 Å². The molecule has 1 aromatic carbocycles. The van der Waals surface area contributed by atoms with Crippen LogP contribution in [0, 0.1) is 20.8 Å². The summed E-state index contributed by atoms with van der Waals surface area (Å²) in [5, 5.41) is 0. The standard InChI is InChI=1S/C21H27NO3/c1-14-11-17(13-23)12-15(2)20(14)24-10-9-19-16(3)25-21(22-19)18-7-5-4-6-8-18/h11-13,18H,4-10H2,1-3H3. The second-order valence-corrected chi connectivity index (χ2v) is 7.09. The second-order valence-electron chi connectivity index (χ2n) is 7.09. The molecule has 1 aliphatic carbocycles. The number of rotatable bonds is 6. The van der Waals surface area contributed by atoms with Gasteiger partial charge in [0.25, 0.3) is 0 Å². The molecule has 3 rings (SSSR count). The van der Waals surface area contributed by atoms with Gasteiger partial charge in [0, 0.05) is 17.9 Å². The second kappa shape index (κ2) is 7.85. The molecule has 4 heteroatoms. The Morgan fingerprint density at radius 3 is 2.48 bits per heavy atom. The Balaban J connectivity index is 1.62. The minimum absolute atomic E-state index is 0.488. The number of benzene rings is 1. The minimum Gasteiger partial charge on any atom is -0.493 e. The van der Waals surface area contributed by atoms with Gasteiger partial charge in [-0.25, -0.2) is 4.98 Å². The van der Waals surface area contributed by atoms with E-state index in [2.05, 4.69) is 0 Å². The molecule has 0 saturated heterocycles. The third-order valence-electron chi connectivity index (χ3n) is 5.07. The Morgan fingerprint density at radius 2 is 1.84 bits per heavy atom. The van der Waals surface area contributed by atoms with E-state index in [0.29, 0.717) is 18.1 Å². The molecule has 1 aromatic heterocycles. The van der Waals surface area contributed by atoms with Crippen molar-refractivity contribution in [2.45, 2.75) is 65.2 Å². The molecule has 1 aliphatic rings. The molecule has 4 nitrogen and oxygen atoms in total. The maximum atomic E-state index is 10.9. The number of aldehydes is 1. The number of aromatic nitrogens is 1. The molecule has 0 aliphatic heterocycles. The SMILES string of the molecule is Cc1cc(C=O)cc(C)c1OCCc1nc(C2CCCCC2)oc1C. The van der Waals surface area contributed by atoms with E-state index >= 15 is 0 Å². The highest BCUT2D eigenvalue weighted by Crippen LogP contribution is 2.33. The van der Waals surface area contributed by atoms with Crippen LogP contribution in [0.5, 0.6) is 5.75 Å². The first kappa shape index (κ1) is 17.7. The number of hydrogen-bond acceptors (Lipinski definition) is 4. The first-order valence-electron chi connectivity index (χ1n) is 9.24. The van der Waals surface area contributed by atoms with Crippen LogP contribution in [0.3, 0.4) is 0 Å². The van der Waals surface area contributed by atoms with Crippen LogP contribution in [0.4, 0.5) is 0 Å². The summed E-state index contributed by atoms with van der Waals surface area (Å²) in [7, 11) is 0. The maximum Gasteiger partial charge on any atom is 0.197 e. The average Bonchev–Trinajstić information content (AvgIpc) is 2.98. The quantitative estimate of drug-likeness (QED) is 0.687. The van der Waals surface area contributed by atoms with Crippen LogP contribution in [-0.4, -0.2) is 17.9 Å². The van der Waals surface area contributed by atoms with Crippen LogP contribution in [0.1, 0.15) is 76.9 Å². The first-order chi connectivity index (χ1) is 12.1. The minimum atomic E-state index is 0.488. The average molecular weight is 341 g/mol. The van der Waals surface area contributed by atoms with Crippen LogP contribution in [0.2, 0.25) is 0 Å². The van der Waals surface area contributed by atoms with Crippen LogP contribution >= 0.6 is 0 Å². The fraction of sp³-hybridized carbons (Fsp3) is 0.524. The molecule has 0 N–H and O–H groups in total. The zero-order valence-electron chi connectivity index (χ0n) is 15.4. The van der Waals surface area contributed by atoms with Gasteiger partial charge in [-0.2, -0.15) is 0 Å². The lowest BCUT2D eigenvalue weighted by molar-refractivity contribution is 0.112. The van der Waals surface area contributed by atoms with Gasteiger partial charge in [0.15, 0.2) is 5.89 Å². The monoisotopic (exact) mass is 341 g/mol. The Kier molecular flexibility index (Phi) is 5.57. The van der Waals surface area contributed by atoms with E-state index in [9.17, 15) is 4.79 Å². The van der Waals surface area contributed by atoms with Crippen LogP contribution < -0.4 is 4.74 Å². The van der Waals surface area contributed by atoms with Crippen molar-refractivity contribution in [3.05, 3.63) is 46.2 Å². The van der Waals surface area contributed by atoms with Crippen molar-refractivity contribution in [1.29, 1.82) is 0 Å². The summed E-state index contributed by atoms with van der Waals surface area (Å²) in [6.07, 6.45) is 7.87. The van der Waals surface area contributed by atoms with Gasteiger partial charge in [0.1, 0.15) is 17.8 Å². The predicted octanol–water partition coefficient (Wildman–Crippen LogP) is 5.08. The van der Waals surface area contributed by atoms with Gasteiger partial charge in [-0.15, -0.1) is 0 Å². The van der Waals surface area contributed by atoms with Gasteiger partial charge in [-0.1, -0.05) is 19.3 Å². The number of nitrogens with zero attached hydrogens (tertiary/aromatic N) is 1. The molecule has 1 heterocycles. The Morgan fingerprint density at radius 1 is 1.16 bits per heavy atom. The summed E-state index contributed by atoms with van der Waals surface area (Å²) >= 11 is 0. The summed E-state index contributed by atoms with van der Waals surface area (Å²) < 4.78 is 11.9. The van der Waals surface area contributed by atoms with Crippen molar-refractivity contribution < 1.29 is 13.9 Å². The number of ether oxygens (including phenoxy) is 1. The molecule has 0 bridgehead atoms. The van der Waals surface area contributed by atoms with Crippen molar-refractivity contribution in [2.75, 3.05) is 6.61 Å². The fourth-order valence-corrected chi connectivity index (χ4v) is 3.74. The van der Waals surface area contributed by atoms with Crippen molar-refractivity contribution in [3.63, 3.8) is 0 Å². The Bertz CT molecular complexity index is 719. The highest BCUT2D eigenvalue weighted by atomic mass is 16.5. The predicted molar refractivity (Wildman–Crippen MR) is 97.6 cm³/mol. The molecule has 134 valence electrons. The van der Waals surface area contributed by atoms with Gasteiger partial charge in [-0.05, 0) is 56.9 Å². The summed E-state index contributed by atoms with van der Waals surface area (Å²) in [4.78, 5) is 15.7. The summed E-state index contributed by atoms with van der Waals surface area (Å²) in [5.74, 6) is 3.17. The van der Waals surface area contributed by atoms with Gasteiger partial charge in [-0.3, -0.25) is 4.79 Å². The molecule has 0 amide bonds. The molecular weight excluding hydrogens is 314 g/mol. The molecule has 2 aromatic rings. The van der Waals surface area contributed by atoms with Crippen molar-refractivity contribution in [1.82, 2.24) is 4.98 Å². The van der Waals surface area contributed by atoms with Crippen molar-refractivity contribution in [3.8, 4) is 5.75 Å². The number of carbonyl (C=O) groups is 1. The molecule has 0 spiro atoms. The first-order valence-corrected chi connectivity index (χ1v) is 9.24. The number of hydrogen-bond donors (Lipinski definition) is 0. The van der Waals surface area contributed by atoms with Gasteiger partial charge < -0.3 is 9.15 Å². The normalized spacial score (nSPS) is 15.3. The molecule has 0 unspecified atom stereocenters. The van der Waals surface area contributed by atoms with Crippen molar-refractivity contribution in [2.24, 2.45) is 0 Å². The Hall–Kier alpha value is -2.10. The molecule has 25 heavy (non-hydrogen) atoms. The van der Waals surface area contributed by atoms with E-state index in [1.807, 2.05) is 32.9 Å². The lowest BCUT2D eigenvalue weighted by Crippen LogP contribution is -2.07. The zero-order valence-corrected chi connectivity index (χ0v) is 15.4. The highest BCUT2D eigenvalue weighted by Gasteiger charge is 2.22. The zero-order chi connectivity index (χ0) is 17.8. The number of aryl methyl sites for hydroxylation is 3. The smallest absolute Gasteiger partial charge is 0.197 e. The van der Waals surface area contributed by atoms with E-state index in [1.165, 1.54) is 32.1 Å². The van der Waals surface area contributed by atoms with E-state index in [1.54, 1.807) is 0 Å². The number of oxazole rings is 1. The lowest BCUT2D eigenvalue weighted by atomic mass is 9.89. The molecule has 0 atom stereocenters. The van der Waals surface area contributed by atoms with E-state index < -0.39 is 0 Å². The third-order valence-corrected chi connectivity index (χ3v) is 5.07.